The molecule has 1 aliphatic heterocycles. The van der Waals surface area contributed by atoms with E-state index >= 15 is 0 Å². The summed E-state index contributed by atoms with van der Waals surface area (Å²) in [7, 11) is 0. The fourth-order valence-corrected chi connectivity index (χ4v) is 3.77. The Morgan fingerprint density at radius 1 is 1.37 bits per heavy atom. The maximum absolute atomic E-state index is 13.6. The summed E-state index contributed by atoms with van der Waals surface area (Å²) in [5, 5.41) is 14.6. The van der Waals surface area contributed by atoms with Gasteiger partial charge in [-0.05, 0) is 12.1 Å². The molecule has 3 N–H and O–H groups in total. The van der Waals surface area contributed by atoms with E-state index in [4.69, 9.17) is 0 Å². The van der Waals surface area contributed by atoms with Crippen molar-refractivity contribution in [3.63, 3.8) is 0 Å². The molecular weight excluding hydrogens is 385 g/mol. The van der Waals surface area contributed by atoms with Gasteiger partial charge in [-0.2, -0.15) is 13.2 Å². The van der Waals surface area contributed by atoms with Gasteiger partial charge in [-0.15, -0.1) is 11.3 Å². The van der Waals surface area contributed by atoms with E-state index in [1.807, 2.05) is 0 Å². The third-order valence-corrected chi connectivity index (χ3v) is 5.37. The van der Waals surface area contributed by atoms with Crippen LogP contribution in [0, 0.1) is 0 Å². The summed E-state index contributed by atoms with van der Waals surface area (Å²) in [5.74, 6) is -0.978. The van der Waals surface area contributed by atoms with Crippen LogP contribution in [0.4, 0.5) is 18.0 Å². The number of alkyl halides is 3. The van der Waals surface area contributed by atoms with Gasteiger partial charge in [0.25, 0.3) is 0 Å². The van der Waals surface area contributed by atoms with Crippen LogP contribution in [0.15, 0.2) is 24.3 Å². The number of nitrogens with one attached hydrogen (secondary N) is 2. The third kappa shape index (κ3) is 3.98. The summed E-state index contributed by atoms with van der Waals surface area (Å²) in [5.41, 5.74) is -3.06. The number of carbonyl (C=O) groups excluding carboxylic acids is 2. The Hall–Kier alpha value is -2.40. The highest BCUT2D eigenvalue weighted by molar-refractivity contribution is 7.18. The summed E-state index contributed by atoms with van der Waals surface area (Å²) in [6, 6.07) is 6.12. The summed E-state index contributed by atoms with van der Waals surface area (Å²) >= 11 is 0.695. The number of aliphatic hydroxyl groups is 1. The van der Waals surface area contributed by atoms with Crippen LogP contribution in [0.25, 0.3) is 10.2 Å². The van der Waals surface area contributed by atoms with E-state index in [9.17, 15) is 27.9 Å². The number of hydrogen-bond donors (Lipinski definition) is 3. The van der Waals surface area contributed by atoms with E-state index in [0.717, 1.165) is 0 Å². The van der Waals surface area contributed by atoms with Gasteiger partial charge in [0.05, 0.1) is 16.6 Å². The molecule has 0 saturated carbocycles. The van der Waals surface area contributed by atoms with Crippen LogP contribution in [0.1, 0.15) is 11.4 Å². The van der Waals surface area contributed by atoms with Crippen molar-refractivity contribution < 1.29 is 27.9 Å². The molecule has 3 amide bonds. The molecule has 1 aromatic heterocycles. The van der Waals surface area contributed by atoms with Crippen LogP contribution < -0.4 is 10.6 Å². The van der Waals surface area contributed by atoms with E-state index in [1.54, 1.807) is 18.2 Å². The SMILES string of the molecule is O=C(CC(O)(c1nc2ccccc2s1)C(F)(F)F)NCCN1CCNC1=O. The van der Waals surface area contributed by atoms with Crippen molar-refractivity contribution in [3.8, 4) is 0 Å². The van der Waals surface area contributed by atoms with Crippen molar-refractivity contribution in [3.05, 3.63) is 29.3 Å². The van der Waals surface area contributed by atoms with Gasteiger partial charge in [-0.3, -0.25) is 4.79 Å². The lowest BCUT2D eigenvalue weighted by Crippen LogP contribution is -2.47. The number of fused-ring (bicyclic) bond motifs is 1. The van der Waals surface area contributed by atoms with Crippen LogP contribution in [0.5, 0.6) is 0 Å². The number of aromatic nitrogens is 1. The van der Waals surface area contributed by atoms with Gasteiger partial charge in [0.1, 0.15) is 5.01 Å². The smallest absolute Gasteiger partial charge is 0.374 e. The lowest BCUT2D eigenvalue weighted by Gasteiger charge is -2.28. The van der Waals surface area contributed by atoms with Gasteiger partial charge >= 0.3 is 12.2 Å². The second-order valence-electron chi connectivity index (χ2n) is 6.09. The topological polar surface area (TPSA) is 94.6 Å². The van der Waals surface area contributed by atoms with E-state index < -0.39 is 29.1 Å². The van der Waals surface area contributed by atoms with E-state index in [0.29, 0.717) is 34.6 Å². The summed E-state index contributed by atoms with van der Waals surface area (Å²) in [4.78, 5) is 28.7. The molecule has 0 bridgehead atoms. The molecule has 7 nitrogen and oxygen atoms in total. The minimum absolute atomic E-state index is 0.0139. The third-order valence-electron chi connectivity index (χ3n) is 4.18. The zero-order valence-electron chi connectivity index (χ0n) is 14.0. The molecule has 11 heteroatoms. The Morgan fingerprint density at radius 3 is 2.74 bits per heavy atom. The van der Waals surface area contributed by atoms with Gasteiger partial charge in [0.2, 0.25) is 11.5 Å². The number of thiazole rings is 1. The zero-order valence-corrected chi connectivity index (χ0v) is 14.9. The average Bonchev–Trinajstić information content (AvgIpc) is 3.20. The summed E-state index contributed by atoms with van der Waals surface area (Å²) in [6.07, 6.45) is -6.28. The molecule has 1 atom stereocenters. The normalized spacial score (nSPS) is 17.0. The molecule has 0 spiro atoms. The molecule has 0 aliphatic carbocycles. The number of hydrogen-bond acceptors (Lipinski definition) is 5. The molecule has 2 heterocycles. The van der Waals surface area contributed by atoms with Crippen LogP contribution in [0.3, 0.4) is 0 Å². The van der Waals surface area contributed by atoms with Crippen LogP contribution in [0.2, 0.25) is 0 Å². The molecule has 3 rings (SSSR count). The summed E-state index contributed by atoms with van der Waals surface area (Å²) in [6.45, 7) is 1.11. The highest BCUT2D eigenvalue weighted by Crippen LogP contribution is 2.44. The molecule has 146 valence electrons. The van der Waals surface area contributed by atoms with E-state index in [2.05, 4.69) is 15.6 Å². The van der Waals surface area contributed by atoms with Gasteiger partial charge in [0, 0.05) is 26.2 Å². The van der Waals surface area contributed by atoms with Crippen molar-refractivity contribution in [1.29, 1.82) is 0 Å². The molecule has 0 radical (unpaired) electrons. The van der Waals surface area contributed by atoms with Crippen molar-refractivity contribution >= 4 is 33.5 Å². The zero-order chi connectivity index (χ0) is 19.7. The van der Waals surface area contributed by atoms with Crippen molar-refractivity contribution in [2.75, 3.05) is 26.2 Å². The molecule has 1 aromatic carbocycles. The predicted molar refractivity (Wildman–Crippen MR) is 92.2 cm³/mol. The number of rotatable bonds is 6. The second kappa shape index (κ2) is 7.31. The van der Waals surface area contributed by atoms with Crippen molar-refractivity contribution in [1.82, 2.24) is 20.5 Å². The number of para-hydroxylation sites is 1. The molecule has 2 aromatic rings. The quantitative estimate of drug-likeness (QED) is 0.684. The fourth-order valence-electron chi connectivity index (χ4n) is 2.70. The second-order valence-corrected chi connectivity index (χ2v) is 7.12. The maximum atomic E-state index is 13.6. The first-order valence-electron chi connectivity index (χ1n) is 8.15. The van der Waals surface area contributed by atoms with Gasteiger partial charge in [-0.1, -0.05) is 12.1 Å². The van der Waals surface area contributed by atoms with Gasteiger partial charge < -0.3 is 20.6 Å². The highest BCUT2D eigenvalue weighted by Gasteiger charge is 2.58. The number of urea groups is 1. The average molecular weight is 402 g/mol. The Kier molecular flexibility index (Phi) is 5.24. The standard InChI is InChI=1S/C16H17F3N4O3S/c17-16(18,19)15(26,13-22-10-3-1-2-4-11(10)27-13)9-12(24)20-5-7-23-8-6-21-14(23)25/h1-4,26H,5-9H2,(H,20,24)(H,21,25). The van der Waals surface area contributed by atoms with Gasteiger partial charge in [0.15, 0.2) is 0 Å². The molecule has 1 unspecified atom stereocenters. The Bertz CT molecular complexity index is 824. The predicted octanol–water partition coefficient (Wildman–Crippen LogP) is 1.58. The Balaban J connectivity index is 1.70. The summed E-state index contributed by atoms with van der Waals surface area (Å²) < 4.78 is 41.2. The van der Waals surface area contributed by atoms with Crippen LogP contribution >= 0.6 is 11.3 Å². The Morgan fingerprint density at radius 2 is 2.11 bits per heavy atom. The lowest BCUT2D eigenvalue weighted by molar-refractivity contribution is -0.267. The first-order valence-corrected chi connectivity index (χ1v) is 8.97. The van der Waals surface area contributed by atoms with Crippen molar-refractivity contribution in [2.24, 2.45) is 0 Å². The molecule has 1 fully saturated rings. The molecular formula is C16H17F3N4O3S. The van der Waals surface area contributed by atoms with E-state index in [1.165, 1.54) is 11.0 Å². The number of amides is 3. The monoisotopic (exact) mass is 402 g/mol. The number of benzene rings is 1. The number of nitrogens with zero attached hydrogens (tertiary/aromatic N) is 2. The molecule has 1 aliphatic rings. The first kappa shape index (κ1) is 19.4. The first-order chi connectivity index (χ1) is 12.7. The van der Waals surface area contributed by atoms with Crippen LogP contribution in [-0.2, 0) is 10.4 Å². The molecule has 27 heavy (non-hydrogen) atoms. The van der Waals surface area contributed by atoms with Crippen LogP contribution in [-0.4, -0.2) is 59.3 Å². The fraction of sp³-hybridized carbons (Fsp3) is 0.438. The number of halogens is 3. The largest absolute Gasteiger partial charge is 0.424 e. The van der Waals surface area contributed by atoms with Crippen molar-refractivity contribution in [2.45, 2.75) is 18.2 Å². The maximum Gasteiger partial charge on any atom is 0.424 e. The molecule has 1 saturated heterocycles. The lowest BCUT2D eigenvalue weighted by atomic mass is 9.99. The minimum atomic E-state index is -5.08. The highest BCUT2D eigenvalue weighted by atomic mass is 32.1. The Labute approximate surface area is 156 Å². The number of carbonyl (C=O) groups is 2. The minimum Gasteiger partial charge on any atom is -0.374 e. The van der Waals surface area contributed by atoms with Gasteiger partial charge in [-0.25, -0.2) is 9.78 Å². The van der Waals surface area contributed by atoms with E-state index in [-0.39, 0.29) is 19.1 Å².